The summed E-state index contributed by atoms with van der Waals surface area (Å²) >= 11 is 0. The normalized spacial score (nSPS) is 23.4. The molecule has 0 spiro atoms. The van der Waals surface area contributed by atoms with E-state index in [9.17, 15) is 17.2 Å². The summed E-state index contributed by atoms with van der Waals surface area (Å²) in [4.78, 5) is 0. The minimum Gasteiger partial charge on any atom is -0.330 e. The van der Waals surface area contributed by atoms with E-state index in [2.05, 4.69) is 0 Å². The average Bonchev–Trinajstić information content (AvgIpc) is 2.71. The highest BCUT2D eigenvalue weighted by atomic mass is 32.2. The first kappa shape index (κ1) is 14.4. The van der Waals surface area contributed by atoms with Crippen LogP contribution in [0.3, 0.4) is 0 Å². The van der Waals surface area contributed by atoms with Crippen LogP contribution in [-0.4, -0.2) is 26.5 Å². The lowest BCUT2D eigenvalue weighted by Gasteiger charge is -2.21. The van der Waals surface area contributed by atoms with Gasteiger partial charge >= 0.3 is 0 Å². The molecule has 1 aromatic rings. The molecule has 2 rings (SSSR count). The summed E-state index contributed by atoms with van der Waals surface area (Å²) in [5.74, 6) is -1.66. The van der Waals surface area contributed by atoms with Crippen LogP contribution < -0.4 is 5.73 Å². The Kier molecular flexibility index (Phi) is 4.20. The molecule has 6 heteroatoms. The highest BCUT2D eigenvalue weighted by Gasteiger charge is 2.33. The van der Waals surface area contributed by atoms with E-state index in [1.54, 1.807) is 0 Å². The van der Waals surface area contributed by atoms with Crippen molar-refractivity contribution < 1.29 is 17.2 Å². The van der Waals surface area contributed by atoms with Crippen molar-refractivity contribution in [2.45, 2.75) is 12.8 Å². The largest absolute Gasteiger partial charge is 0.330 e. The smallest absolute Gasteiger partial charge is 0.162 e. The van der Waals surface area contributed by atoms with Crippen LogP contribution in [0.5, 0.6) is 0 Å². The van der Waals surface area contributed by atoms with Gasteiger partial charge in [0.1, 0.15) is 0 Å². The van der Waals surface area contributed by atoms with E-state index in [1.807, 2.05) is 0 Å². The van der Waals surface area contributed by atoms with Crippen molar-refractivity contribution in [3.63, 3.8) is 0 Å². The molecule has 0 aliphatic carbocycles. The first-order valence-corrected chi connectivity index (χ1v) is 8.08. The molecule has 1 aliphatic heterocycles. The van der Waals surface area contributed by atoms with Crippen LogP contribution in [-0.2, 0) is 16.3 Å². The topological polar surface area (TPSA) is 60.2 Å². The number of benzene rings is 1. The monoisotopic (exact) mass is 289 g/mol. The van der Waals surface area contributed by atoms with Crippen LogP contribution in [0.1, 0.15) is 12.0 Å². The SMILES string of the molecule is NCC(Cc1cccc(F)c1F)C1CCS(=O)(=O)C1. The van der Waals surface area contributed by atoms with Gasteiger partial charge in [-0.05, 0) is 42.9 Å². The molecule has 2 N–H and O–H groups in total. The van der Waals surface area contributed by atoms with Crippen LogP contribution in [0.25, 0.3) is 0 Å². The molecule has 0 saturated carbocycles. The second kappa shape index (κ2) is 5.54. The number of hydrogen-bond acceptors (Lipinski definition) is 3. The molecule has 2 unspecified atom stereocenters. The van der Waals surface area contributed by atoms with Crippen LogP contribution in [0.2, 0.25) is 0 Å². The fraction of sp³-hybridized carbons (Fsp3) is 0.538. The zero-order valence-corrected chi connectivity index (χ0v) is 11.3. The molecule has 19 heavy (non-hydrogen) atoms. The average molecular weight is 289 g/mol. The van der Waals surface area contributed by atoms with Crippen LogP contribution in [0, 0.1) is 23.5 Å². The Morgan fingerprint density at radius 2 is 2.11 bits per heavy atom. The number of sulfone groups is 1. The van der Waals surface area contributed by atoms with Crippen molar-refractivity contribution in [3.05, 3.63) is 35.4 Å². The van der Waals surface area contributed by atoms with Gasteiger partial charge in [-0.15, -0.1) is 0 Å². The molecule has 2 atom stereocenters. The quantitative estimate of drug-likeness (QED) is 0.914. The highest BCUT2D eigenvalue weighted by Crippen LogP contribution is 2.28. The Bertz CT molecular complexity index is 560. The molecular formula is C13H17F2NO2S. The highest BCUT2D eigenvalue weighted by molar-refractivity contribution is 7.91. The number of halogens is 2. The number of nitrogens with two attached hydrogens (primary N) is 1. The summed E-state index contributed by atoms with van der Waals surface area (Å²) in [6.07, 6.45) is 0.835. The standard InChI is InChI=1S/C13H17F2NO2S/c14-12-3-1-2-9(13(12)15)6-11(7-16)10-4-5-19(17,18)8-10/h1-3,10-11H,4-8,16H2. The van der Waals surface area contributed by atoms with E-state index in [0.717, 1.165) is 6.07 Å². The van der Waals surface area contributed by atoms with Crippen molar-refractivity contribution >= 4 is 9.84 Å². The van der Waals surface area contributed by atoms with Crippen molar-refractivity contribution in [3.8, 4) is 0 Å². The molecule has 1 heterocycles. The van der Waals surface area contributed by atoms with Gasteiger partial charge < -0.3 is 5.73 Å². The van der Waals surface area contributed by atoms with Gasteiger partial charge in [-0.2, -0.15) is 0 Å². The van der Waals surface area contributed by atoms with Crippen molar-refractivity contribution in [1.29, 1.82) is 0 Å². The molecular weight excluding hydrogens is 272 g/mol. The van der Waals surface area contributed by atoms with E-state index >= 15 is 0 Å². The maximum Gasteiger partial charge on any atom is 0.162 e. The third-order valence-corrected chi connectivity index (χ3v) is 5.54. The molecule has 106 valence electrons. The third-order valence-electron chi connectivity index (χ3n) is 3.75. The second-order valence-electron chi connectivity index (χ2n) is 5.08. The van der Waals surface area contributed by atoms with Gasteiger partial charge in [0.15, 0.2) is 21.5 Å². The number of rotatable bonds is 4. The minimum atomic E-state index is -2.98. The Labute approximate surface area is 111 Å². The molecule has 1 aromatic carbocycles. The molecule has 3 nitrogen and oxygen atoms in total. The molecule has 1 saturated heterocycles. The van der Waals surface area contributed by atoms with Crippen LogP contribution in [0.4, 0.5) is 8.78 Å². The summed E-state index contributed by atoms with van der Waals surface area (Å²) < 4.78 is 49.7. The Morgan fingerprint density at radius 1 is 1.37 bits per heavy atom. The van der Waals surface area contributed by atoms with Crippen molar-refractivity contribution in [1.82, 2.24) is 0 Å². The van der Waals surface area contributed by atoms with Gasteiger partial charge in [0.05, 0.1) is 11.5 Å². The zero-order chi connectivity index (χ0) is 14.0. The fourth-order valence-electron chi connectivity index (χ4n) is 2.63. The maximum atomic E-state index is 13.6. The van der Waals surface area contributed by atoms with E-state index < -0.39 is 21.5 Å². The van der Waals surface area contributed by atoms with Crippen LogP contribution in [0.15, 0.2) is 18.2 Å². The van der Waals surface area contributed by atoms with Crippen LogP contribution >= 0.6 is 0 Å². The predicted molar refractivity (Wildman–Crippen MR) is 69.4 cm³/mol. The first-order valence-electron chi connectivity index (χ1n) is 6.26. The van der Waals surface area contributed by atoms with E-state index in [0.29, 0.717) is 6.42 Å². The summed E-state index contributed by atoms with van der Waals surface area (Å²) in [5.41, 5.74) is 5.93. The lowest BCUT2D eigenvalue weighted by Crippen LogP contribution is -2.27. The Balaban J connectivity index is 2.14. The lowest BCUT2D eigenvalue weighted by atomic mass is 9.86. The minimum absolute atomic E-state index is 0.0577. The van der Waals surface area contributed by atoms with Gasteiger partial charge in [-0.1, -0.05) is 12.1 Å². The van der Waals surface area contributed by atoms with E-state index in [4.69, 9.17) is 5.73 Å². The van der Waals surface area contributed by atoms with Crippen molar-refractivity contribution in [2.75, 3.05) is 18.1 Å². The fourth-order valence-corrected chi connectivity index (χ4v) is 4.55. The Morgan fingerprint density at radius 3 is 2.68 bits per heavy atom. The number of hydrogen-bond donors (Lipinski definition) is 1. The lowest BCUT2D eigenvalue weighted by molar-refractivity contribution is 0.363. The van der Waals surface area contributed by atoms with Gasteiger partial charge in [-0.25, -0.2) is 17.2 Å². The zero-order valence-electron chi connectivity index (χ0n) is 10.5. The molecule has 1 aliphatic rings. The molecule has 0 aromatic heterocycles. The molecule has 0 bridgehead atoms. The summed E-state index contributed by atoms with van der Waals surface area (Å²) in [7, 11) is -2.98. The maximum absolute atomic E-state index is 13.6. The molecule has 0 amide bonds. The van der Waals surface area contributed by atoms with Gasteiger partial charge in [-0.3, -0.25) is 0 Å². The molecule has 0 radical (unpaired) electrons. The summed E-state index contributed by atoms with van der Waals surface area (Å²) in [6.45, 7) is 0.274. The van der Waals surface area contributed by atoms with E-state index in [1.165, 1.54) is 12.1 Å². The van der Waals surface area contributed by atoms with Gasteiger partial charge in [0.2, 0.25) is 0 Å². The molecule has 1 fully saturated rings. The van der Waals surface area contributed by atoms with Crippen molar-refractivity contribution in [2.24, 2.45) is 17.6 Å². The van der Waals surface area contributed by atoms with E-state index in [-0.39, 0.29) is 41.9 Å². The summed E-state index contributed by atoms with van der Waals surface area (Å²) in [6, 6.07) is 4.04. The van der Waals surface area contributed by atoms with Gasteiger partial charge in [0, 0.05) is 0 Å². The Hall–Kier alpha value is -1.01. The van der Waals surface area contributed by atoms with Gasteiger partial charge in [0.25, 0.3) is 0 Å². The second-order valence-corrected chi connectivity index (χ2v) is 7.30. The predicted octanol–water partition coefficient (Wildman–Crippen LogP) is 1.52. The first-order chi connectivity index (χ1) is 8.93. The summed E-state index contributed by atoms with van der Waals surface area (Å²) in [5, 5.41) is 0. The third kappa shape index (κ3) is 3.30.